The van der Waals surface area contributed by atoms with Gasteiger partial charge in [-0.25, -0.2) is 5.09 Å². The normalized spacial score (nSPS) is 14.4. The summed E-state index contributed by atoms with van der Waals surface area (Å²) in [5.74, 6) is -0.146. The Morgan fingerprint density at radius 1 is 0.750 bits per heavy atom. The Morgan fingerprint density at radius 2 is 1.16 bits per heavy atom. The fraction of sp³-hybridized carbons (Fsp3) is 0.324. The molecule has 0 aliphatic heterocycles. The van der Waals surface area contributed by atoms with Crippen molar-refractivity contribution in [3.05, 3.63) is 132 Å². The molecule has 0 aliphatic carbocycles. The molecular formula is C37H47N2O3PSi. The summed E-state index contributed by atoms with van der Waals surface area (Å²) in [5.41, 5.74) is 0.0232. The van der Waals surface area contributed by atoms with Crippen molar-refractivity contribution in [1.29, 1.82) is 0 Å². The molecule has 0 fully saturated rings. The first-order valence-electron chi connectivity index (χ1n) is 15.5. The van der Waals surface area contributed by atoms with E-state index >= 15 is 9.36 Å². The molecule has 1 amide bonds. The Labute approximate surface area is 265 Å². The quantitative estimate of drug-likeness (QED) is 0.128. The molecule has 4 aromatic rings. The highest BCUT2D eigenvalue weighted by Gasteiger charge is 2.57. The van der Waals surface area contributed by atoms with Crippen LogP contribution in [0, 0.1) is 0 Å². The summed E-state index contributed by atoms with van der Waals surface area (Å²) in [6.45, 7) is 15.9. The predicted octanol–water partition coefficient (Wildman–Crippen LogP) is 8.03. The number of hydrogen-bond acceptors (Lipinski definition) is 3. The van der Waals surface area contributed by atoms with Gasteiger partial charge in [0.15, 0.2) is 13.9 Å². The summed E-state index contributed by atoms with van der Waals surface area (Å²) in [5, 5.41) is 4.80. The Morgan fingerprint density at radius 3 is 1.57 bits per heavy atom. The average molecular weight is 627 g/mol. The zero-order valence-corrected chi connectivity index (χ0v) is 29.1. The predicted molar refractivity (Wildman–Crippen MR) is 186 cm³/mol. The van der Waals surface area contributed by atoms with Crippen molar-refractivity contribution in [2.75, 3.05) is 13.1 Å². The van der Waals surface area contributed by atoms with E-state index in [1.165, 1.54) is 0 Å². The second-order valence-corrected chi connectivity index (χ2v) is 19.9. The minimum absolute atomic E-state index is 0.146. The summed E-state index contributed by atoms with van der Waals surface area (Å²) in [6.07, 6.45) is 0. The third-order valence-corrected chi connectivity index (χ3v) is 16.0. The number of rotatable bonds is 12. The van der Waals surface area contributed by atoms with Crippen molar-refractivity contribution in [2.45, 2.75) is 64.4 Å². The monoisotopic (exact) mass is 626 g/mol. The van der Waals surface area contributed by atoms with Crippen LogP contribution in [0.1, 0.15) is 51.8 Å². The molecule has 0 bridgehead atoms. The van der Waals surface area contributed by atoms with E-state index in [0.717, 1.165) is 11.1 Å². The highest BCUT2D eigenvalue weighted by atomic mass is 31.2. The van der Waals surface area contributed by atoms with Crippen LogP contribution in [0.2, 0.25) is 18.1 Å². The van der Waals surface area contributed by atoms with Crippen LogP contribution in [-0.4, -0.2) is 32.2 Å². The molecule has 0 heterocycles. The molecule has 4 aromatic carbocycles. The van der Waals surface area contributed by atoms with Crippen molar-refractivity contribution in [3.8, 4) is 0 Å². The van der Waals surface area contributed by atoms with Gasteiger partial charge in [-0.2, -0.15) is 0 Å². The van der Waals surface area contributed by atoms with E-state index in [1.54, 1.807) is 0 Å². The van der Waals surface area contributed by atoms with E-state index in [9.17, 15) is 0 Å². The van der Waals surface area contributed by atoms with Crippen molar-refractivity contribution in [2.24, 2.45) is 0 Å². The van der Waals surface area contributed by atoms with Crippen molar-refractivity contribution in [1.82, 2.24) is 9.99 Å². The maximum atomic E-state index is 15.7. The largest absolute Gasteiger partial charge is 0.398 e. The van der Waals surface area contributed by atoms with Crippen molar-refractivity contribution < 1.29 is 13.8 Å². The number of nitrogens with one attached hydrogen (secondary N) is 1. The van der Waals surface area contributed by atoms with Crippen LogP contribution in [0.4, 0.5) is 0 Å². The molecule has 7 heteroatoms. The fourth-order valence-corrected chi connectivity index (χ4v) is 9.27. The van der Waals surface area contributed by atoms with Crippen molar-refractivity contribution >= 4 is 32.1 Å². The van der Waals surface area contributed by atoms with Crippen LogP contribution >= 0.6 is 7.29 Å². The summed E-state index contributed by atoms with van der Waals surface area (Å²) in [6, 6.07) is 37.9. The van der Waals surface area contributed by atoms with Gasteiger partial charge in [0.25, 0.3) is 5.91 Å². The molecular weight excluding hydrogens is 579 g/mol. The van der Waals surface area contributed by atoms with Gasteiger partial charge in [-0.1, -0.05) is 118 Å². The minimum Gasteiger partial charge on any atom is -0.398 e. The molecule has 0 aromatic heterocycles. The molecule has 5 nitrogen and oxygen atoms in total. The van der Waals surface area contributed by atoms with Gasteiger partial charge in [0, 0.05) is 23.7 Å². The number of carbonyl (C=O) groups excluding carboxylic acids is 1. The van der Waals surface area contributed by atoms with Crippen LogP contribution in [0.25, 0.3) is 0 Å². The minimum atomic E-state index is -3.54. The molecule has 0 spiro atoms. The zero-order chi connectivity index (χ0) is 32.0. The standard InChI is InChI=1S/C37H47N2O3PSi/c1-8-39(9-2)35(40)37(31-24-16-11-17-25-31,42-44(6,7)36(3,4)5)34(30-22-14-10-15-23-30)38-43(41,32-26-18-12-19-27-32)33-28-20-13-21-29-33/h10-29,34H,8-9H2,1-7H3,(H,38,41)/t34-,37-/m1/s1. The molecule has 0 saturated carbocycles. The van der Waals surface area contributed by atoms with E-state index in [4.69, 9.17) is 4.43 Å². The second kappa shape index (κ2) is 13.8. The summed E-state index contributed by atoms with van der Waals surface area (Å²) in [7, 11) is -6.20. The van der Waals surface area contributed by atoms with E-state index in [1.807, 2.05) is 140 Å². The highest BCUT2D eigenvalue weighted by Crippen LogP contribution is 2.52. The molecule has 2 atom stereocenters. The molecule has 4 rings (SSSR count). The van der Waals surface area contributed by atoms with E-state index in [2.05, 4.69) is 39.0 Å². The average Bonchev–Trinajstić information content (AvgIpc) is 3.04. The van der Waals surface area contributed by atoms with Gasteiger partial charge in [-0.3, -0.25) is 9.36 Å². The van der Waals surface area contributed by atoms with Gasteiger partial charge in [-0.15, -0.1) is 0 Å². The number of amides is 1. The van der Waals surface area contributed by atoms with Crippen LogP contribution < -0.4 is 15.7 Å². The third kappa shape index (κ3) is 6.69. The lowest BCUT2D eigenvalue weighted by Gasteiger charge is -2.50. The summed E-state index contributed by atoms with van der Waals surface area (Å²) in [4.78, 5) is 17.1. The summed E-state index contributed by atoms with van der Waals surface area (Å²) >= 11 is 0. The van der Waals surface area contributed by atoms with Crippen LogP contribution in [0.3, 0.4) is 0 Å². The SMILES string of the molecule is CCN(CC)C(=O)[C@@](O[Si](C)(C)C(C)(C)C)(c1ccccc1)[C@H](NP(=O)(c1ccccc1)c1ccccc1)c1ccccc1. The zero-order valence-electron chi connectivity index (χ0n) is 27.2. The maximum Gasteiger partial charge on any atom is 0.260 e. The fourth-order valence-electron chi connectivity index (χ4n) is 5.36. The molecule has 0 aliphatic rings. The second-order valence-electron chi connectivity index (χ2n) is 12.7. The lowest BCUT2D eigenvalue weighted by Crippen LogP contribution is -2.61. The van der Waals surface area contributed by atoms with Gasteiger partial charge >= 0.3 is 0 Å². The smallest absolute Gasteiger partial charge is 0.260 e. The highest BCUT2D eigenvalue weighted by molar-refractivity contribution is 7.76. The molecule has 0 unspecified atom stereocenters. The van der Waals surface area contributed by atoms with E-state index < -0.39 is 27.3 Å². The van der Waals surface area contributed by atoms with Gasteiger partial charge in [-0.05, 0) is 67.4 Å². The molecule has 0 radical (unpaired) electrons. The molecule has 232 valence electrons. The Hall–Kier alpha value is -3.28. The number of hydrogen-bond donors (Lipinski definition) is 1. The maximum absolute atomic E-state index is 15.7. The van der Waals surface area contributed by atoms with Gasteiger partial charge < -0.3 is 9.33 Å². The van der Waals surface area contributed by atoms with Crippen LogP contribution in [-0.2, 0) is 19.4 Å². The van der Waals surface area contributed by atoms with Crippen LogP contribution in [0.5, 0.6) is 0 Å². The Bertz CT molecular complexity index is 1500. The first-order chi connectivity index (χ1) is 20.9. The first-order valence-corrected chi connectivity index (χ1v) is 20.1. The van der Waals surface area contributed by atoms with Gasteiger partial charge in [0.1, 0.15) is 0 Å². The number of carbonyl (C=O) groups is 1. The number of nitrogens with zero attached hydrogens (tertiary/aromatic N) is 1. The topological polar surface area (TPSA) is 58.6 Å². The Balaban J connectivity index is 2.13. The first kappa shape index (κ1) is 33.6. The third-order valence-electron chi connectivity index (χ3n) is 8.88. The lowest BCUT2D eigenvalue weighted by molar-refractivity contribution is -0.153. The van der Waals surface area contributed by atoms with Crippen LogP contribution in [0.15, 0.2) is 121 Å². The van der Waals surface area contributed by atoms with E-state index in [0.29, 0.717) is 23.7 Å². The molecule has 1 N–H and O–H groups in total. The van der Waals surface area contributed by atoms with Gasteiger partial charge in [0.2, 0.25) is 7.29 Å². The summed E-state index contributed by atoms with van der Waals surface area (Å²) < 4.78 is 23.2. The number of likely N-dealkylation sites (N-methyl/N-ethyl adjacent to an activating group) is 1. The molecule has 44 heavy (non-hydrogen) atoms. The van der Waals surface area contributed by atoms with Crippen molar-refractivity contribution in [3.63, 3.8) is 0 Å². The van der Waals surface area contributed by atoms with E-state index in [-0.39, 0.29) is 10.9 Å². The lowest BCUT2D eigenvalue weighted by atomic mass is 9.81. The Kier molecular flexibility index (Phi) is 10.5. The number of benzene rings is 4. The molecule has 0 saturated heterocycles. The van der Waals surface area contributed by atoms with Gasteiger partial charge in [0.05, 0.1) is 6.04 Å².